The fraction of sp³-hybridized carbons (Fsp3) is 0.429. The number of carbonyl (C=O) groups is 1. The van der Waals surface area contributed by atoms with Crippen molar-refractivity contribution < 1.29 is 14.6 Å². The Kier molecular flexibility index (Phi) is 5.36. The number of rotatable bonds is 5. The zero-order valence-corrected chi connectivity index (χ0v) is 15.3. The van der Waals surface area contributed by atoms with E-state index in [1.54, 1.807) is 24.5 Å². The van der Waals surface area contributed by atoms with Crippen LogP contribution in [0.4, 0.5) is 0 Å². The van der Waals surface area contributed by atoms with E-state index in [0.29, 0.717) is 5.56 Å². The molecule has 142 valence electrons. The fourth-order valence-corrected chi connectivity index (χ4v) is 3.94. The zero-order valence-electron chi connectivity index (χ0n) is 15.3. The second kappa shape index (κ2) is 8.06. The van der Waals surface area contributed by atoms with E-state index < -0.39 is 0 Å². The number of carbonyl (C=O) groups excluding carboxylic acids is 1. The lowest BCUT2D eigenvalue weighted by Crippen LogP contribution is -2.53. The molecule has 1 saturated heterocycles. The second-order valence-corrected chi connectivity index (χ2v) is 7.33. The lowest BCUT2D eigenvalue weighted by atomic mass is 9.91. The van der Waals surface area contributed by atoms with E-state index in [0.717, 1.165) is 44.8 Å². The van der Waals surface area contributed by atoms with Crippen LogP contribution in [0.25, 0.3) is 0 Å². The molecule has 6 nitrogen and oxygen atoms in total. The monoisotopic (exact) mass is 367 g/mol. The summed E-state index contributed by atoms with van der Waals surface area (Å²) in [7, 11) is 0. The topological polar surface area (TPSA) is 74.7 Å². The lowest BCUT2D eigenvalue weighted by Gasteiger charge is -2.38. The van der Waals surface area contributed by atoms with Crippen LogP contribution in [-0.4, -0.2) is 53.2 Å². The summed E-state index contributed by atoms with van der Waals surface area (Å²) in [4.78, 5) is 18.9. The maximum absolute atomic E-state index is 12.5. The number of aromatic nitrogens is 1. The average Bonchev–Trinajstić information content (AvgIpc) is 3.17. The summed E-state index contributed by atoms with van der Waals surface area (Å²) in [5.41, 5.74) is 3.09. The quantitative estimate of drug-likeness (QED) is 0.840. The molecule has 0 bridgehead atoms. The SMILES string of the molecule is O=C(N[C@@H]1CN(Cc2ccc3c(c2)CCO3)CC[C@@H]1CO)c1cccnc1. The highest BCUT2D eigenvalue weighted by Gasteiger charge is 2.30. The molecule has 2 aromatic rings. The van der Waals surface area contributed by atoms with Gasteiger partial charge in [-0.3, -0.25) is 14.7 Å². The number of nitrogens with one attached hydrogen (secondary N) is 1. The Morgan fingerprint density at radius 2 is 2.30 bits per heavy atom. The number of pyridine rings is 1. The summed E-state index contributed by atoms with van der Waals surface area (Å²) < 4.78 is 5.58. The van der Waals surface area contributed by atoms with Crippen LogP contribution in [0, 0.1) is 5.92 Å². The Labute approximate surface area is 159 Å². The van der Waals surface area contributed by atoms with E-state index in [9.17, 15) is 9.90 Å². The van der Waals surface area contributed by atoms with Crippen molar-refractivity contribution in [3.63, 3.8) is 0 Å². The Morgan fingerprint density at radius 3 is 3.11 bits per heavy atom. The van der Waals surface area contributed by atoms with Crippen molar-refractivity contribution in [3.8, 4) is 5.75 Å². The molecule has 3 heterocycles. The van der Waals surface area contributed by atoms with E-state index in [1.165, 1.54) is 11.1 Å². The summed E-state index contributed by atoms with van der Waals surface area (Å²) in [6.07, 6.45) is 5.05. The van der Waals surface area contributed by atoms with Crippen LogP contribution < -0.4 is 10.1 Å². The first-order chi connectivity index (χ1) is 13.2. The molecule has 1 aromatic carbocycles. The van der Waals surface area contributed by atoms with Crippen molar-refractivity contribution in [2.45, 2.75) is 25.4 Å². The third-order valence-electron chi connectivity index (χ3n) is 5.47. The van der Waals surface area contributed by atoms with Gasteiger partial charge >= 0.3 is 0 Å². The Balaban J connectivity index is 1.41. The lowest BCUT2D eigenvalue weighted by molar-refractivity contribution is 0.0730. The van der Waals surface area contributed by atoms with Crippen molar-refractivity contribution >= 4 is 5.91 Å². The number of aliphatic hydroxyl groups is 1. The van der Waals surface area contributed by atoms with E-state index in [1.807, 2.05) is 0 Å². The molecule has 27 heavy (non-hydrogen) atoms. The zero-order chi connectivity index (χ0) is 18.6. The van der Waals surface area contributed by atoms with Crippen molar-refractivity contribution in [3.05, 3.63) is 59.4 Å². The molecule has 0 saturated carbocycles. The molecular weight excluding hydrogens is 342 g/mol. The molecule has 2 N–H and O–H groups in total. The molecule has 0 radical (unpaired) electrons. The van der Waals surface area contributed by atoms with Gasteiger partial charge in [-0.1, -0.05) is 12.1 Å². The summed E-state index contributed by atoms with van der Waals surface area (Å²) in [5, 5.41) is 12.8. The number of likely N-dealkylation sites (tertiary alicyclic amines) is 1. The van der Waals surface area contributed by atoms with Crippen LogP contribution in [-0.2, 0) is 13.0 Å². The summed E-state index contributed by atoms with van der Waals surface area (Å²) in [6.45, 7) is 3.33. The highest BCUT2D eigenvalue weighted by molar-refractivity contribution is 5.94. The maximum atomic E-state index is 12.5. The normalized spacial score (nSPS) is 22.1. The standard InChI is InChI=1S/C21H25N3O3/c25-14-18-5-8-24(12-15-3-4-20-16(10-15)6-9-27-20)13-19(18)23-21(26)17-2-1-7-22-11-17/h1-4,7,10-11,18-19,25H,5-6,8-9,12-14H2,(H,23,26)/t18-,19-/m1/s1. The summed E-state index contributed by atoms with van der Waals surface area (Å²) in [5.74, 6) is 0.942. The molecular formula is C21H25N3O3. The van der Waals surface area contributed by atoms with Gasteiger partial charge in [-0.25, -0.2) is 0 Å². The van der Waals surface area contributed by atoms with Gasteiger partial charge in [-0.15, -0.1) is 0 Å². The van der Waals surface area contributed by atoms with Crippen LogP contribution >= 0.6 is 0 Å². The molecule has 1 fully saturated rings. The number of piperidine rings is 1. The first kappa shape index (κ1) is 17.9. The predicted molar refractivity (Wildman–Crippen MR) is 102 cm³/mol. The van der Waals surface area contributed by atoms with Crippen LogP contribution in [0.5, 0.6) is 5.75 Å². The molecule has 2 atom stereocenters. The molecule has 0 unspecified atom stereocenters. The summed E-state index contributed by atoms with van der Waals surface area (Å²) >= 11 is 0. The summed E-state index contributed by atoms with van der Waals surface area (Å²) in [6, 6.07) is 9.83. The fourth-order valence-electron chi connectivity index (χ4n) is 3.94. The number of benzene rings is 1. The maximum Gasteiger partial charge on any atom is 0.253 e. The number of amides is 1. The van der Waals surface area contributed by atoms with Gasteiger partial charge in [0.25, 0.3) is 5.91 Å². The van der Waals surface area contributed by atoms with Gasteiger partial charge in [-0.2, -0.15) is 0 Å². The number of ether oxygens (including phenoxy) is 1. The number of hydrogen-bond donors (Lipinski definition) is 2. The highest BCUT2D eigenvalue weighted by atomic mass is 16.5. The van der Waals surface area contributed by atoms with Gasteiger partial charge in [-0.05, 0) is 42.3 Å². The van der Waals surface area contributed by atoms with Crippen LogP contribution in [0.2, 0.25) is 0 Å². The molecule has 4 rings (SSSR count). The van der Waals surface area contributed by atoms with Gasteiger partial charge in [0.1, 0.15) is 5.75 Å². The number of aliphatic hydroxyl groups excluding tert-OH is 1. The molecule has 2 aliphatic heterocycles. The van der Waals surface area contributed by atoms with Crippen molar-refractivity contribution in [2.75, 3.05) is 26.3 Å². The Bertz CT molecular complexity index is 797. The second-order valence-electron chi connectivity index (χ2n) is 7.33. The van der Waals surface area contributed by atoms with Crippen LogP contribution in [0.15, 0.2) is 42.7 Å². The number of fused-ring (bicyclic) bond motifs is 1. The van der Waals surface area contributed by atoms with Crippen LogP contribution in [0.3, 0.4) is 0 Å². The van der Waals surface area contributed by atoms with Gasteiger partial charge in [0.2, 0.25) is 0 Å². The smallest absolute Gasteiger partial charge is 0.253 e. The van der Waals surface area contributed by atoms with Gasteiger partial charge in [0, 0.05) is 50.5 Å². The third kappa shape index (κ3) is 4.12. The average molecular weight is 367 g/mol. The van der Waals surface area contributed by atoms with Gasteiger partial charge < -0.3 is 15.2 Å². The molecule has 6 heteroatoms. The minimum absolute atomic E-state index is 0.0748. The number of hydrogen-bond acceptors (Lipinski definition) is 5. The van der Waals surface area contributed by atoms with Gasteiger partial charge in [0.05, 0.1) is 12.2 Å². The van der Waals surface area contributed by atoms with Crippen molar-refractivity contribution in [1.82, 2.24) is 15.2 Å². The highest BCUT2D eigenvalue weighted by Crippen LogP contribution is 2.27. The minimum Gasteiger partial charge on any atom is -0.493 e. The predicted octanol–water partition coefficient (Wildman–Crippen LogP) is 1.63. The molecule has 2 aliphatic rings. The Hall–Kier alpha value is -2.44. The molecule has 1 aromatic heterocycles. The van der Waals surface area contributed by atoms with E-state index in [-0.39, 0.29) is 24.5 Å². The van der Waals surface area contributed by atoms with E-state index in [2.05, 4.69) is 33.4 Å². The first-order valence-electron chi connectivity index (χ1n) is 9.51. The molecule has 0 aliphatic carbocycles. The van der Waals surface area contributed by atoms with Gasteiger partial charge in [0.15, 0.2) is 0 Å². The minimum atomic E-state index is -0.136. The third-order valence-corrected chi connectivity index (χ3v) is 5.47. The number of nitrogens with zero attached hydrogens (tertiary/aromatic N) is 2. The molecule has 1 amide bonds. The van der Waals surface area contributed by atoms with E-state index >= 15 is 0 Å². The first-order valence-corrected chi connectivity index (χ1v) is 9.51. The van der Waals surface area contributed by atoms with Crippen molar-refractivity contribution in [2.24, 2.45) is 5.92 Å². The molecule has 0 spiro atoms. The van der Waals surface area contributed by atoms with Crippen molar-refractivity contribution in [1.29, 1.82) is 0 Å². The van der Waals surface area contributed by atoms with Crippen LogP contribution in [0.1, 0.15) is 27.9 Å². The Morgan fingerprint density at radius 1 is 1.37 bits per heavy atom. The van der Waals surface area contributed by atoms with E-state index in [4.69, 9.17) is 4.74 Å². The largest absolute Gasteiger partial charge is 0.493 e.